The summed E-state index contributed by atoms with van der Waals surface area (Å²) >= 11 is 0. The van der Waals surface area contributed by atoms with E-state index in [0.717, 1.165) is 38.1 Å². The van der Waals surface area contributed by atoms with Crippen LogP contribution >= 0.6 is 7.05 Å². The zero-order chi connectivity index (χ0) is 25.6. The molecule has 0 spiro atoms. The van der Waals surface area contributed by atoms with Gasteiger partial charge in [-0.25, -0.2) is 4.74 Å². The maximum atomic E-state index is 5.61. The molecule has 2 saturated heterocycles. The molecule has 0 unspecified atom stereocenters. The topological polar surface area (TPSA) is 57.5 Å². The van der Waals surface area contributed by atoms with Crippen LogP contribution in [0.5, 0.6) is 0 Å². The Morgan fingerprint density at radius 1 is 0.474 bits per heavy atom. The normalized spacial score (nSPS) is 16.3. The third-order valence-corrected chi connectivity index (χ3v) is 11.1. The Labute approximate surface area is 225 Å². The minimum Gasteiger partial charge on any atom is -0.341 e. The van der Waals surface area contributed by atoms with E-state index in [4.69, 9.17) is 19.7 Å². The molecule has 38 heavy (non-hydrogen) atoms. The van der Waals surface area contributed by atoms with E-state index >= 15 is 0 Å². The smallest absolute Gasteiger partial charge is 0.255 e. The maximum Gasteiger partial charge on any atom is 0.255 e. The van der Waals surface area contributed by atoms with Gasteiger partial charge in [-0.15, -0.1) is 0 Å². The highest BCUT2D eigenvalue weighted by Gasteiger charge is 2.29. The fraction of sp³-hybridized carbons (Fsp3) is 0.323. The molecule has 2 aliphatic rings. The van der Waals surface area contributed by atoms with Gasteiger partial charge in [0, 0.05) is 42.1 Å². The Bertz CT molecular complexity index is 1240. The lowest BCUT2D eigenvalue weighted by Gasteiger charge is -2.30. The van der Waals surface area contributed by atoms with E-state index in [0.29, 0.717) is 5.95 Å². The zero-order valence-corrected chi connectivity index (χ0v) is 22.8. The lowest BCUT2D eigenvalue weighted by Crippen LogP contribution is -2.34. The summed E-state index contributed by atoms with van der Waals surface area (Å²) in [4.78, 5) is 19.8. The summed E-state index contributed by atoms with van der Waals surface area (Å²) in [5.41, 5.74) is 0. The molecule has 6 rings (SSSR count). The lowest BCUT2D eigenvalue weighted by atomic mass is 10.1. The molecule has 0 bridgehead atoms. The minimum absolute atomic E-state index is 0.533. The molecular formula is C31H35N6P. The van der Waals surface area contributed by atoms with Crippen molar-refractivity contribution in [3.8, 4) is 0 Å². The Balaban J connectivity index is 1.61. The minimum atomic E-state index is -2.46. The Kier molecular flexibility index (Phi) is 7.50. The average Bonchev–Trinajstić information content (AvgIpc) is 3.02. The largest absolute Gasteiger partial charge is 0.341 e. The second-order valence-electron chi connectivity index (χ2n) is 10.1. The number of piperidine rings is 2. The standard InChI is InChI=1S/C31H35N6P/c1-6-16-26(17-7-1)38(27-18-8-2-9-19-27,28-20-10-3-11-21-28)35-29-32-30(36-22-12-4-13-23-36)34-31(33-29)37-24-14-5-15-25-37/h1-3,6-11,16-21H,4-5,12-15,22-25H2. The molecule has 0 amide bonds. The number of hydrogen-bond donors (Lipinski definition) is 0. The third-order valence-electron chi connectivity index (χ3n) is 7.51. The number of rotatable bonds is 6. The maximum absolute atomic E-state index is 5.61. The molecule has 0 N–H and O–H groups in total. The first kappa shape index (κ1) is 24.8. The molecule has 6 nitrogen and oxygen atoms in total. The highest BCUT2D eigenvalue weighted by atomic mass is 31.2. The molecule has 2 fully saturated rings. The first-order valence-corrected chi connectivity index (χ1v) is 15.6. The van der Waals surface area contributed by atoms with Gasteiger partial charge in [0.05, 0.1) is 7.05 Å². The summed E-state index contributed by atoms with van der Waals surface area (Å²) in [5, 5.41) is 3.57. The summed E-state index contributed by atoms with van der Waals surface area (Å²) in [6.45, 7) is 3.94. The van der Waals surface area contributed by atoms with E-state index in [1.54, 1.807) is 0 Å². The number of hydrogen-bond acceptors (Lipinski definition) is 6. The van der Waals surface area contributed by atoms with Crippen molar-refractivity contribution in [2.45, 2.75) is 38.5 Å². The van der Waals surface area contributed by atoms with E-state index in [1.165, 1.54) is 54.4 Å². The van der Waals surface area contributed by atoms with Gasteiger partial charge in [0.25, 0.3) is 5.95 Å². The average molecular weight is 523 g/mol. The van der Waals surface area contributed by atoms with Crippen molar-refractivity contribution in [3.05, 3.63) is 91.0 Å². The van der Waals surface area contributed by atoms with Crippen LogP contribution in [0.25, 0.3) is 0 Å². The van der Waals surface area contributed by atoms with Crippen LogP contribution < -0.4 is 25.7 Å². The predicted octanol–water partition coefficient (Wildman–Crippen LogP) is 5.66. The summed E-state index contributed by atoms with van der Waals surface area (Å²) in [6, 6.07) is 32.1. The monoisotopic (exact) mass is 522 g/mol. The number of nitrogens with zero attached hydrogens (tertiary/aromatic N) is 6. The summed E-state index contributed by atoms with van der Waals surface area (Å²) in [5.74, 6) is 2.07. The fourth-order valence-corrected chi connectivity index (χ4v) is 8.95. The van der Waals surface area contributed by atoms with Crippen LogP contribution in [-0.4, -0.2) is 41.1 Å². The van der Waals surface area contributed by atoms with Gasteiger partial charge in [-0.1, -0.05) is 91.0 Å². The molecule has 3 aromatic carbocycles. The summed E-state index contributed by atoms with van der Waals surface area (Å²) < 4.78 is 5.61. The molecule has 7 heteroatoms. The number of aromatic nitrogens is 3. The molecule has 0 atom stereocenters. The summed E-state index contributed by atoms with van der Waals surface area (Å²) in [6.07, 6.45) is 7.22. The van der Waals surface area contributed by atoms with Crippen molar-refractivity contribution in [2.75, 3.05) is 36.0 Å². The van der Waals surface area contributed by atoms with E-state index in [1.807, 2.05) is 0 Å². The third kappa shape index (κ3) is 5.10. The second-order valence-corrected chi connectivity index (χ2v) is 13.1. The van der Waals surface area contributed by atoms with Crippen LogP contribution in [0.4, 0.5) is 17.8 Å². The molecule has 0 aliphatic carbocycles. The SMILES string of the molecule is c1ccc(P(=Nc2nc(N3CCCCC3)nc(N3CCCCC3)n2)(c2ccccc2)c2ccccc2)cc1. The van der Waals surface area contributed by atoms with Gasteiger partial charge in [-0.3, -0.25) is 0 Å². The van der Waals surface area contributed by atoms with Gasteiger partial charge in [-0.05, 0) is 38.5 Å². The molecule has 2 aliphatic heterocycles. The first-order chi connectivity index (χ1) is 18.8. The van der Waals surface area contributed by atoms with Crippen molar-refractivity contribution in [2.24, 2.45) is 4.74 Å². The Morgan fingerprint density at radius 3 is 1.21 bits per heavy atom. The van der Waals surface area contributed by atoms with Gasteiger partial charge in [0.15, 0.2) is 0 Å². The van der Waals surface area contributed by atoms with E-state index in [9.17, 15) is 0 Å². The van der Waals surface area contributed by atoms with Crippen LogP contribution in [0.15, 0.2) is 95.7 Å². The first-order valence-electron chi connectivity index (χ1n) is 13.9. The van der Waals surface area contributed by atoms with Crippen molar-refractivity contribution in [1.82, 2.24) is 15.0 Å². The van der Waals surface area contributed by atoms with Gasteiger partial charge in [-0.2, -0.15) is 15.0 Å². The molecule has 3 heterocycles. The lowest BCUT2D eigenvalue weighted by molar-refractivity contribution is 0.556. The number of anilines is 2. The Morgan fingerprint density at radius 2 is 0.842 bits per heavy atom. The summed E-state index contributed by atoms with van der Waals surface area (Å²) in [7, 11) is -2.46. The molecule has 0 radical (unpaired) electrons. The Hall–Kier alpha value is -3.50. The molecule has 194 valence electrons. The molecular weight excluding hydrogens is 487 g/mol. The van der Waals surface area contributed by atoms with Gasteiger partial charge >= 0.3 is 0 Å². The molecule has 4 aromatic rings. The van der Waals surface area contributed by atoms with Gasteiger partial charge in [0.2, 0.25) is 11.9 Å². The fourth-order valence-electron chi connectivity index (χ4n) is 5.54. The number of benzene rings is 3. The highest BCUT2D eigenvalue weighted by molar-refractivity contribution is 7.87. The van der Waals surface area contributed by atoms with E-state index < -0.39 is 7.05 Å². The van der Waals surface area contributed by atoms with Crippen LogP contribution in [-0.2, 0) is 0 Å². The quantitative estimate of drug-likeness (QED) is 0.306. The van der Waals surface area contributed by atoms with Crippen molar-refractivity contribution < 1.29 is 0 Å². The highest BCUT2D eigenvalue weighted by Crippen LogP contribution is 2.48. The van der Waals surface area contributed by atoms with E-state index in [2.05, 4.69) is 101 Å². The predicted molar refractivity (Wildman–Crippen MR) is 159 cm³/mol. The van der Waals surface area contributed by atoms with Crippen molar-refractivity contribution in [1.29, 1.82) is 0 Å². The second kappa shape index (κ2) is 11.5. The van der Waals surface area contributed by atoms with Crippen LogP contribution in [0.1, 0.15) is 38.5 Å². The molecule has 0 saturated carbocycles. The van der Waals surface area contributed by atoms with Gasteiger partial charge < -0.3 is 9.80 Å². The van der Waals surface area contributed by atoms with Crippen LogP contribution in [0.2, 0.25) is 0 Å². The van der Waals surface area contributed by atoms with Crippen molar-refractivity contribution >= 4 is 40.8 Å². The van der Waals surface area contributed by atoms with Crippen molar-refractivity contribution in [3.63, 3.8) is 0 Å². The zero-order valence-electron chi connectivity index (χ0n) is 21.9. The van der Waals surface area contributed by atoms with Gasteiger partial charge in [0.1, 0.15) is 0 Å². The van der Waals surface area contributed by atoms with Crippen LogP contribution in [0.3, 0.4) is 0 Å². The molecule has 1 aromatic heterocycles. The van der Waals surface area contributed by atoms with E-state index in [-0.39, 0.29) is 0 Å². The van der Waals surface area contributed by atoms with Crippen LogP contribution in [0, 0.1) is 0 Å².